The van der Waals surface area contributed by atoms with Gasteiger partial charge in [-0.25, -0.2) is 8.42 Å². The molecule has 2 aromatic rings. The molecule has 7 nitrogen and oxygen atoms in total. The number of anilines is 1. The van der Waals surface area contributed by atoms with E-state index >= 15 is 0 Å². The van der Waals surface area contributed by atoms with Crippen LogP contribution >= 0.6 is 11.5 Å². The summed E-state index contributed by atoms with van der Waals surface area (Å²) in [5.41, 5.74) is 1.75. The molecule has 0 saturated carbocycles. The first-order valence-corrected chi connectivity index (χ1v) is 9.56. The van der Waals surface area contributed by atoms with Crippen molar-refractivity contribution >= 4 is 38.5 Å². The van der Waals surface area contributed by atoms with Crippen LogP contribution in [0.5, 0.6) is 0 Å². The Morgan fingerprint density at radius 2 is 2.04 bits per heavy atom. The van der Waals surface area contributed by atoms with E-state index in [0.29, 0.717) is 5.56 Å². The van der Waals surface area contributed by atoms with Crippen molar-refractivity contribution in [1.82, 2.24) is 9.36 Å². The fourth-order valence-corrected chi connectivity index (χ4v) is 3.18. The molecule has 1 N–H and O–H groups in total. The second-order valence-electron chi connectivity index (χ2n) is 4.87. The molecule has 2 rings (SSSR count). The van der Waals surface area contributed by atoms with E-state index in [0.717, 1.165) is 29.8 Å². The number of aromatic nitrogens is 2. The maximum absolute atomic E-state index is 12.1. The number of amides is 1. The normalized spacial score (nSPS) is 11.8. The van der Waals surface area contributed by atoms with Crippen LogP contribution in [0.3, 0.4) is 0 Å². The minimum atomic E-state index is -3.54. The summed E-state index contributed by atoms with van der Waals surface area (Å²) < 4.78 is 26.3. The smallest absolute Gasteiger partial charge is 0.268 e. The highest BCUT2D eigenvalue weighted by Crippen LogP contribution is 2.16. The van der Waals surface area contributed by atoms with Crippen LogP contribution in [0.2, 0.25) is 0 Å². The molecule has 1 amide bonds. The second kappa shape index (κ2) is 7.33. The number of nitrogens with zero attached hydrogens (tertiary/aromatic N) is 3. The molecule has 0 aliphatic carbocycles. The molecule has 0 aliphatic heterocycles. The molecule has 24 heavy (non-hydrogen) atoms. The van der Waals surface area contributed by atoms with Gasteiger partial charge in [0.15, 0.2) is 0 Å². The lowest BCUT2D eigenvalue weighted by atomic mass is 10.1. The van der Waals surface area contributed by atoms with Crippen molar-refractivity contribution in [1.29, 1.82) is 5.26 Å². The monoisotopic (exact) mass is 362 g/mol. The number of nitrogens with one attached hydrogen (secondary N) is 1. The van der Waals surface area contributed by atoms with Gasteiger partial charge in [-0.3, -0.25) is 10.1 Å². The van der Waals surface area contributed by atoms with Gasteiger partial charge < -0.3 is 0 Å². The lowest BCUT2D eigenvalue weighted by molar-refractivity contribution is -0.112. The Kier molecular flexibility index (Phi) is 5.43. The number of nitriles is 1. The van der Waals surface area contributed by atoms with E-state index in [9.17, 15) is 13.2 Å². The second-order valence-corrected chi connectivity index (χ2v) is 7.53. The van der Waals surface area contributed by atoms with E-state index in [4.69, 9.17) is 5.26 Å². The summed E-state index contributed by atoms with van der Waals surface area (Å²) in [4.78, 5) is 15.8. The number of hydrogen-bond donors (Lipinski definition) is 1. The topological polar surface area (TPSA) is 113 Å². The standard InChI is InChI=1S/C15H14N4O3S2/c1-3-10-4-6-11(7-5-10)8-12(9-16)13(20)17-14-18-15(19-23-14)24(2,21)22/h4-8H,3H2,1-2H3,(H,17,18,19,20)/b12-8-. The third-order valence-corrected chi connectivity index (χ3v) is 4.62. The van der Waals surface area contributed by atoms with Crippen LogP contribution in [0.1, 0.15) is 18.1 Å². The maximum Gasteiger partial charge on any atom is 0.268 e. The van der Waals surface area contributed by atoms with E-state index in [-0.39, 0.29) is 15.9 Å². The molecule has 1 aromatic heterocycles. The molecule has 1 heterocycles. The summed E-state index contributed by atoms with van der Waals surface area (Å²) in [7, 11) is -3.54. The predicted octanol–water partition coefficient (Wildman–Crippen LogP) is 2.05. The van der Waals surface area contributed by atoms with Crippen LogP contribution in [-0.4, -0.2) is 29.9 Å². The van der Waals surface area contributed by atoms with Crippen molar-refractivity contribution in [2.75, 3.05) is 11.6 Å². The van der Waals surface area contributed by atoms with Gasteiger partial charge in [0.25, 0.3) is 11.1 Å². The average molecular weight is 362 g/mol. The van der Waals surface area contributed by atoms with Crippen molar-refractivity contribution in [2.24, 2.45) is 0 Å². The van der Waals surface area contributed by atoms with Crippen molar-refractivity contribution in [3.05, 3.63) is 41.0 Å². The molecule has 0 fully saturated rings. The number of hydrogen-bond acceptors (Lipinski definition) is 7. The summed E-state index contributed by atoms with van der Waals surface area (Å²) in [5.74, 6) is -0.673. The first-order valence-electron chi connectivity index (χ1n) is 6.89. The van der Waals surface area contributed by atoms with Gasteiger partial charge in [0.05, 0.1) is 0 Å². The van der Waals surface area contributed by atoms with Crippen LogP contribution in [-0.2, 0) is 21.1 Å². The van der Waals surface area contributed by atoms with E-state index in [2.05, 4.69) is 14.7 Å². The van der Waals surface area contributed by atoms with Crippen LogP contribution in [0.15, 0.2) is 35.0 Å². The van der Waals surface area contributed by atoms with E-state index in [1.165, 1.54) is 6.08 Å². The molecule has 1 aromatic carbocycles. The predicted molar refractivity (Wildman–Crippen MR) is 91.1 cm³/mol. The highest BCUT2D eigenvalue weighted by molar-refractivity contribution is 7.90. The van der Waals surface area contributed by atoms with E-state index in [1.54, 1.807) is 0 Å². The van der Waals surface area contributed by atoms with Crippen molar-refractivity contribution in [3.63, 3.8) is 0 Å². The molecule has 0 atom stereocenters. The summed E-state index contributed by atoms with van der Waals surface area (Å²) in [6.45, 7) is 2.03. The lowest BCUT2D eigenvalue weighted by Crippen LogP contribution is -2.13. The zero-order valence-corrected chi connectivity index (χ0v) is 14.6. The Labute approximate surface area is 143 Å². The fourth-order valence-electron chi connectivity index (χ4n) is 1.74. The molecule has 9 heteroatoms. The molecule has 0 saturated heterocycles. The molecule has 0 radical (unpaired) electrons. The average Bonchev–Trinajstić information content (AvgIpc) is 3.01. The summed E-state index contributed by atoms with van der Waals surface area (Å²) >= 11 is 0.735. The van der Waals surface area contributed by atoms with Gasteiger partial charge in [0.2, 0.25) is 15.0 Å². The summed E-state index contributed by atoms with van der Waals surface area (Å²) in [6, 6.07) is 9.29. The quantitative estimate of drug-likeness (QED) is 0.643. The molecule has 0 spiro atoms. The van der Waals surface area contributed by atoms with Gasteiger partial charge >= 0.3 is 0 Å². The SMILES string of the molecule is CCc1ccc(/C=C(/C#N)C(=O)Nc2nc(S(C)(=O)=O)ns2)cc1. The number of carbonyl (C=O) groups is 1. The Morgan fingerprint density at radius 3 is 2.54 bits per heavy atom. The fraction of sp³-hybridized carbons (Fsp3) is 0.200. The largest absolute Gasteiger partial charge is 0.296 e. The first-order chi connectivity index (χ1) is 11.3. The number of rotatable bonds is 5. The van der Waals surface area contributed by atoms with Gasteiger partial charge in [-0.15, -0.1) is 0 Å². The highest BCUT2D eigenvalue weighted by atomic mass is 32.2. The van der Waals surface area contributed by atoms with Crippen molar-refractivity contribution < 1.29 is 13.2 Å². The van der Waals surface area contributed by atoms with Gasteiger partial charge in [-0.05, 0) is 23.6 Å². The van der Waals surface area contributed by atoms with Crippen LogP contribution < -0.4 is 5.32 Å². The molecular formula is C15H14N4O3S2. The summed E-state index contributed by atoms with van der Waals surface area (Å²) in [6.07, 6.45) is 3.32. The molecule has 0 aliphatic rings. The van der Waals surface area contributed by atoms with E-state index < -0.39 is 15.7 Å². The van der Waals surface area contributed by atoms with Gasteiger partial charge in [0.1, 0.15) is 11.6 Å². The third-order valence-electron chi connectivity index (χ3n) is 3.02. The molecule has 0 unspecified atom stereocenters. The minimum absolute atomic E-state index is 0.0166. The number of aryl methyl sites for hydroxylation is 1. The zero-order chi connectivity index (χ0) is 17.7. The highest BCUT2D eigenvalue weighted by Gasteiger charge is 2.17. The molecule has 124 valence electrons. The van der Waals surface area contributed by atoms with Crippen LogP contribution in [0.25, 0.3) is 6.08 Å². The Morgan fingerprint density at radius 1 is 1.38 bits per heavy atom. The molecule has 0 bridgehead atoms. The maximum atomic E-state index is 12.1. The minimum Gasteiger partial charge on any atom is -0.296 e. The number of sulfone groups is 1. The van der Waals surface area contributed by atoms with Gasteiger partial charge in [-0.1, -0.05) is 31.2 Å². The van der Waals surface area contributed by atoms with Crippen molar-refractivity contribution in [2.45, 2.75) is 18.5 Å². The number of benzene rings is 1. The Balaban J connectivity index is 2.18. The Hall–Kier alpha value is -2.57. The van der Waals surface area contributed by atoms with Crippen LogP contribution in [0.4, 0.5) is 5.13 Å². The first kappa shape index (κ1) is 17.8. The van der Waals surface area contributed by atoms with Crippen LogP contribution in [0, 0.1) is 11.3 Å². The zero-order valence-electron chi connectivity index (χ0n) is 13.0. The van der Waals surface area contributed by atoms with Crippen molar-refractivity contribution in [3.8, 4) is 6.07 Å². The van der Waals surface area contributed by atoms with Gasteiger partial charge in [0, 0.05) is 17.8 Å². The molecular weight excluding hydrogens is 348 g/mol. The van der Waals surface area contributed by atoms with Gasteiger partial charge in [-0.2, -0.15) is 14.6 Å². The number of carbonyl (C=O) groups excluding carboxylic acids is 1. The van der Waals surface area contributed by atoms with E-state index in [1.807, 2.05) is 37.3 Å². The Bertz CT molecular complexity index is 922. The third kappa shape index (κ3) is 4.47. The lowest BCUT2D eigenvalue weighted by Gasteiger charge is -2.01. The summed E-state index contributed by atoms with van der Waals surface area (Å²) in [5, 5.41) is 11.2.